The molecule has 0 unspecified atom stereocenters. The monoisotopic (exact) mass is 399 g/mol. The fourth-order valence-corrected chi connectivity index (χ4v) is 4.26. The number of benzene rings is 1. The molecule has 142 valence electrons. The number of nitrogens with one attached hydrogen (secondary N) is 2. The van der Waals surface area contributed by atoms with Crippen molar-refractivity contribution in [1.29, 1.82) is 0 Å². The Kier molecular flexibility index (Phi) is 6.58. The van der Waals surface area contributed by atoms with Crippen LogP contribution in [0.1, 0.15) is 38.5 Å². The first kappa shape index (κ1) is 19.2. The molecular formula is C16H22ClN5O3S. The Morgan fingerprint density at radius 1 is 1.27 bits per heavy atom. The van der Waals surface area contributed by atoms with Gasteiger partial charge < -0.3 is 4.74 Å². The summed E-state index contributed by atoms with van der Waals surface area (Å²) in [4.78, 5) is 0.106. The molecule has 0 saturated heterocycles. The number of rotatable bonds is 8. The van der Waals surface area contributed by atoms with Crippen LogP contribution in [0.25, 0.3) is 11.4 Å². The van der Waals surface area contributed by atoms with Gasteiger partial charge in [0.2, 0.25) is 15.8 Å². The van der Waals surface area contributed by atoms with Crippen molar-refractivity contribution >= 4 is 21.6 Å². The highest BCUT2D eigenvalue weighted by Gasteiger charge is 2.18. The van der Waals surface area contributed by atoms with Gasteiger partial charge >= 0.3 is 0 Å². The van der Waals surface area contributed by atoms with Gasteiger partial charge in [-0.3, -0.25) is 0 Å². The summed E-state index contributed by atoms with van der Waals surface area (Å²) in [5.74, 6) is 0.243. The third kappa shape index (κ3) is 5.00. The number of aromatic amines is 1. The molecule has 1 aromatic heterocycles. The fraction of sp³-hybridized carbons (Fsp3) is 0.562. The fourth-order valence-electron chi connectivity index (χ4n) is 2.96. The number of sulfonamides is 1. The Labute approximate surface area is 157 Å². The van der Waals surface area contributed by atoms with E-state index in [0.29, 0.717) is 36.3 Å². The standard InChI is InChI=1S/C16H22ClN5O3S/c17-15-8-7-13(11-14(15)16-19-21-22-20-16)26(23,24)18-9-4-10-25-12-5-2-1-3-6-12/h7-8,11-12,18H,1-6,9-10H2,(H,19,20,21,22). The Bertz CT molecular complexity index is 807. The maximum Gasteiger partial charge on any atom is 0.240 e. The molecule has 2 aromatic rings. The van der Waals surface area contributed by atoms with Gasteiger partial charge in [-0.25, -0.2) is 13.1 Å². The molecule has 1 saturated carbocycles. The van der Waals surface area contributed by atoms with Crippen LogP contribution in [0.15, 0.2) is 23.1 Å². The lowest BCUT2D eigenvalue weighted by Gasteiger charge is -2.21. The summed E-state index contributed by atoms with van der Waals surface area (Å²) in [5.41, 5.74) is 0.406. The Balaban J connectivity index is 1.54. The van der Waals surface area contributed by atoms with Gasteiger partial charge in [-0.2, -0.15) is 5.21 Å². The molecule has 1 aliphatic carbocycles. The third-order valence-electron chi connectivity index (χ3n) is 4.35. The molecule has 0 aliphatic heterocycles. The van der Waals surface area contributed by atoms with Gasteiger partial charge in [0.1, 0.15) is 0 Å². The van der Waals surface area contributed by atoms with Crippen LogP contribution in [-0.2, 0) is 14.8 Å². The number of halogens is 1. The van der Waals surface area contributed by atoms with Crippen molar-refractivity contribution in [1.82, 2.24) is 25.3 Å². The summed E-state index contributed by atoms with van der Waals surface area (Å²) in [5, 5.41) is 13.8. The lowest BCUT2D eigenvalue weighted by Crippen LogP contribution is -2.26. The third-order valence-corrected chi connectivity index (χ3v) is 6.14. The van der Waals surface area contributed by atoms with Crippen molar-refractivity contribution < 1.29 is 13.2 Å². The molecule has 1 aromatic carbocycles. The molecular weight excluding hydrogens is 378 g/mol. The quantitative estimate of drug-likeness (QED) is 0.660. The molecule has 1 fully saturated rings. The first-order chi connectivity index (χ1) is 12.6. The number of H-pyrrole nitrogens is 1. The summed E-state index contributed by atoms with van der Waals surface area (Å²) in [6.45, 7) is 0.872. The van der Waals surface area contributed by atoms with E-state index >= 15 is 0 Å². The van der Waals surface area contributed by atoms with Gasteiger partial charge in [0.25, 0.3) is 0 Å². The highest BCUT2D eigenvalue weighted by molar-refractivity contribution is 7.89. The predicted octanol–water partition coefficient (Wildman–Crippen LogP) is 2.54. The van der Waals surface area contributed by atoms with Gasteiger partial charge in [0.05, 0.1) is 16.0 Å². The minimum atomic E-state index is -3.65. The first-order valence-corrected chi connectivity index (χ1v) is 10.6. The molecule has 10 heteroatoms. The summed E-state index contributed by atoms with van der Waals surface area (Å²) >= 11 is 6.10. The van der Waals surface area contributed by atoms with Crippen LogP contribution < -0.4 is 4.72 Å². The molecule has 0 amide bonds. The zero-order chi connectivity index (χ0) is 18.4. The largest absolute Gasteiger partial charge is 0.378 e. The Morgan fingerprint density at radius 2 is 2.08 bits per heavy atom. The average Bonchev–Trinajstić information content (AvgIpc) is 3.17. The number of nitrogens with zero attached hydrogens (tertiary/aromatic N) is 3. The maximum absolute atomic E-state index is 12.5. The van der Waals surface area contributed by atoms with Gasteiger partial charge in [0.15, 0.2) is 0 Å². The second-order valence-electron chi connectivity index (χ2n) is 6.26. The SMILES string of the molecule is O=S(=O)(NCCCOC1CCCCC1)c1ccc(Cl)c(-c2nn[nH]n2)c1. The van der Waals surface area contributed by atoms with Crippen molar-refractivity contribution in [3.8, 4) is 11.4 Å². The molecule has 2 N–H and O–H groups in total. The molecule has 0 spiro atoms. The summed E-state index contributed by atoms with van der Waals surface area (Å²) in [6.07, 6.45) is 6.89. The van der Waals surface area contributed by atoms with E-state index in [1.165, 1.54) is 37.5 Å². The second kappa shape index (κ2) is 8.90. The van der Waals surface area contributed by atoms with E-state index in [4.69, 9.17) is 16.3 Å². The smallest absolute Gasteiger partial charge is 0.240 e. The Hall–Kier alpha value is -1.55. The molecule has 1 heterocycles. The maximum atomic E-state index is 12.5. The summed E-state index contributed by atoms with van der Waals surface area (Å²) in [6, 6.07) is 4.40. The van der Waals surface area contributed by atoms with Crippen LogP contribution in [-0.4, -0.2) is 48.3 Å². The van der Waals surface area contributed by atoms with Crippen LogP contribution >= 0.6 is 11.6 Å². The molecule has 3 rings (SSSR count). The van der Waals surface area contributed by atoms with Crippen molar-refractivity contribution in [3.05, 3.63) is 23.2 Å². The van der Waals surface area contributed by atoms with Crippen molar-refractivity contribution in [2.75, 3.05) is 13.2 Å². The van der Waals surface area contributed by atoms with Crippen LogP contribution in [0.2, 0.25) is 5.02 Å². The van der Waals surface area contributed by atoms with E-state index < -0.39 is 10.0 Å². The topological polar surface area (TPSA) is 110 Å². The van der Waals surface area contributed by atoms with Crippen LogP contribution in [0.3, 0.4) is 0 Å². The highest BCUT2D eigenvalue weighted by atomic mass is 35.5. The minimum Gasteiger partial charge on any atom is -0.378 e. The normalized spacial score (nSPS) is 16.0. The van der Waals surface area contributed by atoms with Gasteiger partial charge in [-0.1, -0.05) is 30.9 Å². The van der Waals surface area contributed by atoms with Gasteiger partial charge in [-0.15, -0.1) is 10.2 Å². The first-order valence-electron chi connectivity index (χ1n) is 8.71. The van der Waals surface area contributed by atoms with Gasteiger partial charge in [0, 0.05) is 18.7 Å². The molecule has 8 nitrogen and oxygen atoms in total. The lowest BCUT2D eigenvalue weighted by molar-refractivity contribution is 0.0278. The van der Waals surface area contributed by atoms with E-state index in [9.17, 15) is 8.42 Å². The molecule has 0 atom stereocenters. The van der Waals surface area contributed by atoms with E-state index in [1.54, 1.807) is 0 Å². The highest BCUT2D eigenvalue weighted by Crippen LogP contribution is 2.27. The molecule has 1 aliphatic rings. The number of aromatic nitrogens is 4. The number of hydrogen-bond acceptors (Lipinski definition) is 6. The number of tetrazole rings is 1. The van der Waals surface area contributed by atoms with E-state index in [-0.39, 0.29) is 10.7 Å². The van der Waals surface area contributed by atoms with Crippen molar-refractivity contribution in [3.63, 3.8) is 0 Å². The van der Waals surface area contributed by atoms with E-state index in [2.05, 4.69) is 25.3 Å². The van der Waals surface area contributed by atoms with Crippen molar-refractivity contribution in [2.24, 2.45) is 0 Å². The summed E-state index contributed by atoms with van der Waals surface area (Å²) in [7, 11) is -3.65. The number of ether oxygens (including phenoxy) is 1. The zero-order valence-corrected chi connectivity index (χ0v) is 15.9. The molecule has 26 heavy (non-hydrogen) atoms. The lowest BCUT2D eigenvalue weighted by atomic mass is 9.98. The number of hydrogen-bond donors (Lipinski definition) is 2. The van der Waals surface area contributed by atoms with E-state index in [0.717, 1.165) is 12.8 Å². The summed E-state index contributed by atoms with van der Waals surface area (Å²) < 4.78 is 33.3. The molecule has 0 bridgehead atoms. The predicted molar refractivity (Wildman–Crippen MR) is 97.3 cm³/mol. The van der Waals surface area contributed by atoms with Crippen molar-refractivity contribution in [2.45, 2.75) is 49.5 Å². The molecule has 0 radical (unpaired) electrons. The van der Waals surface area contributed by atoms with Crippen LogP contribution in [0, 0.1) is 0 Å². The average molecular weight is 400 g/mol. The zero-order valence-electron chi connectivity index (χ0n) is 14.3. The van der Waals surface area contributed by atoms with Crippen LogP contribution in [0.4, 0.5) is 0 Å². The second-order valence-corrected chi connectivity index (χ2v) is 8.43. The van der Waals surface area contributed by atoms with E-state index in [1.807, 2.05) is 0 Å². The van der Waals surface area contributed by atoms with Crippen LogP contribution in [0.5, 0.6) is 0 Å². The minimum absolute atomic E-state index is 0.106. The Morgan fingerprint density at radius 3 is 2.81 bits per heavy atom. The van der Waals surface area contributed by atoms with Gasteiger partial charge in [-0.05, 0) is 42.7 Å².